The second-order valence-electron chi connectivity index (χ2n) is 5.26. The second-order valence-corrected chi connectivity index (χ2v) is 5.26. The van der Waals surface area contributed by atoms with Gasteiger partial charge in [0.2, 0.25) is 5.95 Å². The number of anilines is 1. The first-order valence-electron chi connectivity index (χ1n) is 6.41. The third-order valence-corrected chi connectivity index (χ3v) is 3.90. The molecule has 0 aliphatic carbocycles. The van der Waals surface area contributed by atoms with Crippen LogP contribution in [0.2, 0.25) is 0 Å². The fourth-order valence-corrected chi connectivity index (χ4v) is 2.88. The standard InChI is InChI=1S/C12H19N5/c1-7-8(2)16-17-12(13-7)15-11-5-9-3-4-10(6-11)14-9/h9-11,14H,3-6H2,1-2H3,(H,13,15,17). The van der Waals surface area contributed by atoms with Gasteiger partial charge in [-0.05, 0) is 39.5 Å². The quantitative estimate of drug-likeness (QED) is 0.803. The van der Waals surface area contributed by atoms with Gasteiger partial charge in [0, 0.05) is 18.1 Å². The Hall–Kier alpha value is -1.23. The molecule has 0 spiro atoms. The molecule has 1 aromatic heterocycles. The predicted molar refractivity (Wildman–Crippen MR) is 65.9 cm³/mol. The smallest absolute Gasteiger partial charge is 0.243 e. The Bertz CT molecular complexity index is 407. The van der Waals surface area contributed by atoms with E-state index in [4.69, 9.17) is 0 Å². The van der Waals surface area contributed by atoms with Crippen LogP contribution in [0.25, 0.3) is 0 Å². The predicted octanol–water partition coefficient (Wildman–Crippen LogP) is 1.18. The first-order valence-corrected chi connectivity index (χ1v) is 6.41. The molecule has 5 heteroatoms. The van der Waals surface area contributed by atoms with Crippen molar-refractivity contribution in [2.24, 2.45) is 0 Å². The van der Waals surface area contributed by atoms with E-state index in [1.165, 1.54) is 25.7 Å². The van der Waals surface area contributed by atoms with Gasteiger partial charge in [-0.2, -0.15) is 5.10 Å². The van der Waals surface area contributed by atoms with Crippen molar-refractivity contribution in [3.8, 4) is 0 Å². The lowest BCUT2D eigenvalue weighted by atomic mass is 10.0. The number of aryl methyl sites for hydroxylation is 2. The summed E-state index contributed by atoms with van der Waals surface area (Å²) in [7, 11) is 0. The summed E-state index contributed by atoms with van der Waals surface area (Å²) < 4.78 is 0. The Labute approximate surface area is 101 Å². The van der Waals surface area contributed by atoms with Gasteiger partial charge in [0.25, 0.3) is 0 Å². The van der Waals surface area contributed by atoms with Crippen LogP contribution in [-0.4, -0.2) is 33.3 Å². The minimum atomic E-state index is 0.498. The zero-order valence-corrected chi connectivity index (χ0v) is 10.4. The molecule has 17 heavy (non-hydrogen) atoms. The lowest BCUT2D eigenvalue weighted by molar-refractivity contribution is 0.377. The van der Waals surface area contributed by atoms with Crippen molar-refractivity contribution < 1.29 is 0 Å². The molecule has 2 saturated heterocycles. The number of hydrogen-bond donors (Lipinski definition) is 2. The Morgan fingerprint density at radius 1 is 1.06 bits per heavy atom. The number of nitrogens with zero attached hydrogens (tertiary/aromatic N) is 3. The van der Waals surface area contributed by atoms with Crippen molar-refractivity contribution in [3.05, 3.63) is 11.4 Å². The molecular formula is C12H19N5. The van der Waals surface area contributed by atoms with Gasteiger partial charge in [-0.25, -0.2) is 4.98 Å². The minimum Gasteiger partial charge on any atom is -0.350 e. The molecule has 0 amide bonds. The molecule has 2 aliphatic rings. The van der Waals surface area contributed by atoms with E-state index in [1.54, 1.807) is 0 Å². The van der Waals surface area contributed by atoms with E-state index >= 15 is 0 Å². The van der Waals surface area contributed by atoms with Crippen LogP contribution in [0, 0.1) is 13.8 Å². The normalized spacial score (nSPS) is 31.5. The zero-order chi connectivity index (χ0) is 11.8. The largest absolute Gasteiger partial charge is 0.350 e. The number of piperidine rings is 1. The summed E-state index contributed by atoms with van der Waals surface area (Å²) >= 11 is 0. The SMILES string of the molecule is Cc1nnc(NC2CC3CCC(C2)N3)nc1C. The van der Waals surface area contributed by atoms with E-state index in [9.17, 15) is 0 Å². The van der Waals surface area contributed by atoms with Crippen molar-refractivity contribution in [2.75, 3.05) is 5.32 Å². The summed E-state index contributed by atoms with van der Waals surface area (Å²) in [6.45, 7) is 3.91. The summed E-state index contributed by atoms with van der Waals surface area (Å²) in [4.78, 5) is 4.43. The summed E-state index contributed by atoms with van der Waals surface area (Å²) in [6.07, 6.45) is 4.98. The summed E-state index contributed by atoms with van der Waals surface area (Å²) in [6, 6.07) is 1.87. The molecule has 2 N–H and O–H groups in total. The molecule has 1 aromatic rings. The van der Waals surface area contributed by atoms with Crippen molar-refractivity contribution in [1.29, 1.82) is 0 Å². The lowest BCUT2D eigenvalue weighted by Gasteiger charge is -2.29. The fraction of sp³-hybridized carbons (Fsp3) is 0.750. The first-order chi connectivity index (χ1) is 8.20. The lowest BCUT2D eigenvalue weighted by Crippen LogP contribution is -2.43. The molecule has 2 atom stereocenters. The molecule has 2 unspecified atom stereocenters. The highest BCUT2D eigenvalue weighted by molar-refractivity contribution is 5.27. The molecule has 3 rings (SSSR count). The third-order valence-electron chi connectivity index (χ3n) is 3.90. The van der Waals surface area contributed by atoms with Crippen molar-refractivity contribution >= 4 is 5.95 Å². The van der Waals surface area contributed by atoms with E-state index in [0.29, 0.717) is 24.1 Å². The maximum atomic E-state index is 4.43. The van der Waals surface area contributed by atoms with Gasteiger partial charge < -0.3 is 10.6 Å². The van der Waals surface area contributed by atoms with Gasteiger partial charge in [-0.1, -0.05) is 0 Å². The van der Waals surface area contributed by atoms with Gasteiger partial charge in [-0.3, -0.25) is 0 Å². The van der Waals surface area contributed by atoms with E-state index in [2.05, 4.69) is 25.8 Å². The summed E-state index contributed by atoms with van der Waals surface area (Å²) in [5.74, 6) is 0.680. The third kappa shape index (κ3) is 2.24. The van der Waals surface area contributed by atoms with Crippen LogP contribution in [0.1, 0.15) is 37.1 Å². The number of fused-ring (bicyclic) bond motifs is 2. The second kappa shape index (κ2) is 4.22. The number of aromatic nitrogens is 3. The molecule has 0 aromatic carbocycles. The van der Waals surface area contributed by atoms with Crippen molar-refractivity contribution in [1.82, 2.24) is 20.5 Å². The van der Waals surface area contributed by atoms with Gasteiger partial charge >= 0.3 is 0 Å². The highest BCUT2D eigenvalue weighted by Gasteiger charge is 2.33. The monoisotopic (exact) mass is 233 g/mol. The minimum absolute atomic E-state index is 0.498. The van der Waals surface area contributed by atoms with Gasteiger partial charge in [0.1, 0.15) is 0 Å². The Morgan fingerprint density at radius 3 is 2.41 bits per heavy atom. The Kier molecular flexibility index (Phi) is 2.70. The molecule has 2 bridgehead atoms. The van der Waals surface area contributed by atoms with E-state index in [-0.39, 0.29) is 0 Å². The molecule has 0 radical (unpaired) electrons. The van der Waals surface area contributed by atoms with Crippen LogP contribution in [0.5, 0.6) is 0 Å². The first kappa shape index (κ1) is 10.9. The Morgan fingerprint density at radius 2 is 1.76 bits per heavy atom. The van der Waals surface area contributed by atoms with E-state index in [1.807, 2.05) is 13.8 Å². The van der Waals surface area contributed by atoms with Crippen LogP contribution in [0.3, 0.4) is 0 Å². The number of hydrogen-bond acceptors (Lipinski definition) is 5. The maximum Gasteiger partial charge on any atom is 0.243 e. The molecular weight excluding hydrogens is 214 g/mol. The zero-order valence-electron chi connectivity index (χ0n) is 10.4. The van der Waals surface area contributed by atoms with E-state index < -0.39 is 0 Å². The van der Waals surface area contributed by atoms with Gasteiger partial charge in [0.05, 0.1) is 11.4 Å². The molecule has 0 saturated carbocycles. The van der Waals surface area contributed by atoms with Crippen LogP contribution in [0.4, 0.5) is 5.95 Å². The maximum absolute atomic E-state index is 4.43. The van der Waals surface area contributed by atoms with Crippen LogP contribution in [0.15, 0.2) is 0 Å². The van der Waals surface area contributed by atoms with Crippen LogP contribution < -0.4 is 10.6 Å². The fourth-order valence-electron chi connectivity index (χ4n) is 2.88. The molecule has 92 valence electrons. The number of rotatable bonds is 2. The molecule has 2 fully saturated rings. The summed E-state index contributed by atoms with van der Waals surface area (Å²) in [5, 5.41) is 15.3. The molecule has 3 heterocycles. The van der Waals surface area contributed by atoms with Gasteiger partial charge in [0.15, 0.2) is 0 Å². The highest BCUT2D eigenvalue weighted by atomic mass is 15.3. The Balaban J connectivity index is 1.68. The highest BCUT2D eigenvalue weighted by Crippen LogP contribution is 2.28. The van der Waals surface area contributed by atoms with Crippen LogP contribution >= 0.6 is 0 Å². The van der Waals surface area contributed by atoms with Gasteiger partial charge in [-0.15, -0.1) is 5.10 Å². The number of nitrogens with one attached hydrogen (secondary N) is 2. The molecule has 5 nitrogen and oxygen atoms in total. The van der Waals surface area contributed by atoms with Crippen molar-refractivity contribution in [2.45, 2.75) is 57.7 Å². The average molecular weight is 233 g/mol. The van der Waals surface area contributed by atoms with Crippen LogP contribution in [-0.2, 0) is 0 Å². The van der Waals surface area contributed by atoms with E-state index in [0.717, 1.165) is 11.4 Å². The summed E-state index contributed by atoms with van der Waals surface area (Å²) in [5.41, 5.74) is 1.86. The molecule has 2 aliphatic heterocycles. The topological polar surface area (TPSA) is 62.7 Å². The average Bonchev–Trinajstić information content (AvgIpc) is 2.64. The van der Waals surface area contributed by atoms with Crippen molar-refractivity contribution in [3.63, 3.8) is 0 Å².